The quantitative estimate of drug-likeness (QED) is 0.566. The minimum Gasteiger partial charge on any atom is -0.363 e. The van der Waals surface area contributed by atoms with Gasteiger partial charge in [0.1, 0.15) is 5.06 Å². The van der Waals surface area contributed by atoms with Crippen LogP contribution in [0.1, 0.15) is 46.0 Å². The number of hydrogen-bond acceptors (Lipinski definition) is 1. The molecule has 1 unspecified atom stereocenters. The molecule has 0 aliphatic heterocycles. The van der Waals surface area contributed by atoms with Gasteiger partial charge in [0.2, 0.25) is 0 Å². The molecule has 0 bridgehead atoms. The van der Waals surface area contributed by atoms with E-state index in [0.29, 0.717) is 0 Å². The van der Waals surface area contributed by atoms with Gasteiger partial charge in [0.05, 0.1) is 0 Å². The molecule has 68 valence electrons. The van der Waals surface area contributed by atoms with Crippen molar-refractivity contribution < 1.29 is 4.74 Å². The first kappa shape index (κ1) is 11.2. The number of ether oxygens (including phenoxy) is 1. The number of rotatable bonds is 6. The Morgan fingerprint density at radius 2 is 1.82 bits per heavy atom. The van der Waals surface area contributed by atoms with Crippen molar-refractivity contribution in [1.82, 2.24) is 0 Å². The fourth-order valence-corrected chi connectivity index (χ4v) is 1.47. The first-order valence-corrected chi connectivity index (χ1v) is 4.80. The Bertz CT molecular complexity index is 95.6. The van der Waals surface area contributed by atoms with E-state index in [2.05, 4.69) is 13.8 Å². The number of alkyl halides is 1. The standard InChI is InChI=1S/C9H19ClO/c1-4-6-8-9(10,11-3)7-5-2/h4-8H2,1-3H3. The maximum absolute atomic E-state index is 6.18. The van der Waals surface area contributed by atoms with Gasteiger partial charge in [-0.25, -0.2) is 0 Å². The van der Waals surface area contributed by atoms with Crippen LogP contribution in [-0.4, -0.2) is 12.2 Å². The topological polar surface area (TPSA) is 9.23 Å². The van der Waals surface area contributed by atoms with Crippen molar-refractivity contribution in [3.63, 3.8) is 0 Å². The second-order valence-corrected chi connectivity index (χ2v) is 3.63. The SMILES string of the molecule is CCCCC(Cl)(CCC)OC. The third-order valence-electron chi connectivity index (χ3n) is 1.89. The van der Waals surface area contributed by atoms with Crippen LogP contribution in [0.5, 0.6) is 0 Å². The van der Waals surface area contributed by atoms with E-state index in [-0.39, 0.29) is 5.06 Å². The lowest BCUT2D eigenvalue weighted by Crippen LogP contribution is -2.23. The molecule has 0 aromatic carbocycles. The van der Waals surface area contributed by atoms with Gasteiger partial charge in [0.25, 0.3) is 0 Å². The van der Waals surface area contributed by atoms with E-state index in [4.69, 9.17) is 16.3 Å². The molecule has 0 aliphatic rings. The molecule has 0 saturated heterocycles. The van der Waals surface area contributed by atoms with Crippen LogP contribution in [0.15, 0.2) is 0 Å². The minimum atomic E-state index is -0.384. The summed E-state index contributed by atoms with van der Waals surface area (Å²) in [6, 6.07) is 0. The largest absolute Gasteiger partial charge is 0.363 e. The Kier molecular flexibility index (Phi) is 5.98. The lowest BCUT2D eigenvalue weighted by Gasteiger charge is -2.24. The summed E-state index contributed by atoms with van der Waals surface area (Å²) in [5.41, 5.74) is 0. The van der Waals surface area contributed by atoms with Gasteiger partial charge >= 0.3 is 0 Å². The molecule has 0 N–H and O–H groups in total. The molecule has 0 radical (unpaired) electrons. The lowest BCUT2D eigenvalue weighted by atomic mass is 10.1. The van der Waals surface area contributed by atoms with Crippen molar-refractivity contribution in [2.24, 2.45) is 0 Å². The first-order valence-electron chi connectivity index (χ1n) is 4.42. The van der Waals surface area contributed by atoms with Gasteiger partial charge in [0, 0.05) is 7.11 Å². The summed E-state index contributed by atoms with van der Waals surface area (Å²) in [6.45, 7) is 4.29. The van der Waals surface area contributed by atoms with E-state index >= 15 is 0 Å². The molecule has 11 heavy (non-hydrogen) atoms. The first-order chi connectivity index (χ1) is 5.18. The molecule has 1 nitrogen and oxygen atoms in total. The fourth-order valence-electron chi connectivity index (χ4n) is 1.14. The normalized spacial score (nSPS) is 16.4. The summed E-state index contributed by atoms with van der Waals surface area (Å²) in [6.07, 6.45) is 5.33. The molecular formula is C9H19ClO. The summed E-state index contributed by atoms with van der Waals surface area (Å²) in [5, 5.41) is -0.384. The van der Waals surface area contributed by atoms with Crippen molar-refractivity contribution in [3.05, 3.63) is 0 Å². The highest BCUT2D eigenvalue weighted by Gasteiger charge is 2.23. The maximum Gasteiger partial charge on any atom is 0.141 e. The fraction of sp³-hybridized carbons (Fsp3) is 1.00. The summed E-state index contributed by atoms with van der Waals surface area (Å²) < 4.78 is 5.25. The second-order valence-electron chi connectivity index (χ2n) is 2.94. The van der Waals surface area contributed by atoms with Gasteiger partial charge in [-0.2, -0.15) is 0 Å². The van der Waals surface area contributed by atoms with Gasteiger partial charge in [-0.3, -0.25) is 0 Å². The minimum absolute atomic E-state index is 0.384. The zero-order valence-electron chi connectivity index (χ0n) is 7.82. The number of halogens is 1. The van der Waals surface area contributed by atoms with Crippen LogP contribution in [0.25, 0.3) is 0 Å². The Morgan fingerprint density at radius 1 is 1.18 bits per heavy atom. The van der Waals surface area contributed by atoms with Crippen LogP contribution in [-0.2, 0) is 4.74 Å². The monoisotopic (exact) mass is 178 g/mol. The van der Waals surface area contributed by atoms with Crippen LogP contribution in [0, 0.1) is 0 Å². The van der Waals surface area contributed by atoms with Crippen LogP contribution >= 0.6 is 11.6 Å². The summed E-state index contributed by atoms with van der Waals surface area (Å²) in [7, 11) is 1.69. The van der Waals surface area contributed by atoms with Crippen LogP contribution in [0.4, 0.5) is 0 Å². The van der Waals surface area contributed by atoms with E-state index in [1.54, 1.807) is 7.11 Å². The summed E-state index contributed by atoms with van der Waals surface area (Å²) in [5.74, 6) is 0. The summed E-state index contributed by atoms with van der Waals surface area (Å²) >= 11 is 6.18. The third kappa shape index (κ3) is 4.65. The Labute approximate surface area is 75.1 Å². The van der Waals surface area contributed by atoms with E-state index in [1.165, 1.54) is 6.42 Å². The van der Waals surface area contributed by atoms with Crippen molar-refractivity contribution in [2.75, 3.05) is 7.11 Å². The van der Waals surface area contributed by atoms with Gasteiger partial charge in [-0.15, -0.1) is 0 Å². The molecule has 2 heteroatoms. The molecule has 0 fully saturated rings. The molecular weight excluding hydrogens is 160 g/mol. The van der Waals surface area contributed by atoms with E-state index in [1.807, 2.05) is 0 Å². The number of methoxy groups -OCH3 is 1. The average molecular weight is 179 g/mol. The van der Waals surface area contributed by atoms with Gasteiger partial charge in [0.15, 0.2) is 0 Å². The van der Waals surface area contributed by atoms with E-state index in [9.17, 15) is 0 Å². The van der Waals surface area contributed by atoms with Crippen LogP contribution in [0.3, 0.4) is 0 Å². The predicted octanol–water partition coefficient (Wildman–Crippen LogP) is 3.56. The molecule has 0 heterocycles. The molecule has 0 spiro atoms. The molecule has 0 aliphatic carbocycles. The Balaban J connectivity index is 3.68. The van der Waals surface area contributed by atoms with Gasteiger partial charge in [-0.1, -0.05) is 38.3 Å². The zero-order valence-corrected chi connectivity index (χ0v) is 8.58. The van der Waals surface area contributed by atoms with Gasteiger partial charge < -0.3 is 4.74 Å². The summed E-state index contributed by atoms with van der Waals surface area (Å²) in [4.78, 5) is 0. The Hall–Kier alpha value is 0.250. The zero-order chi connectivity index (χ0) is 8.74. The van der Waals surface area contributed by atoms with Crippen LogP contribution in [0.2, 0.25) is 0 Å². The van der Waals surface area contributed by atoms with Crippen molar-refractivity contribution in [3.8, 4) is 0 Å². The molecule has 1 atom stereocenters. The number of hydrogen-bond donors (Lipinski definition) is 0. The highest BCUT2D eigenvalue weighted by atomic mass is 35.5. The second kappa shape index (κ2) is 5.84. The van der Waals surface area contributed by atoms with Crippen molar-refractivity contribution in [2.45, 2.75) is 51.0 Å². The average Bonchev–Trinajstić information content (AvgIpc) is 2.02. The molecule has 0 saturated carbocycles. The third-order valence-corrected chi connectivity index (χ3v) is 2.43. The van der Waals surface area contributed by atoms with E-state index < -0.39 is 0 Å². The molecule has 0 amide bonds. The Morgan fingerprint density at radius 3 is 2.18 bits per heavy atom. The lowest BCUT2D eigenvalue weighted by molar-refractivity contribution is 0.0466. The maximum atomic E-state index is 6.18. The van der Waals surface area contributed by atoms with Crippen molar-refractivity contribution >= 4 is 11.6 Å². The predicted molar refractivity (Wildman–Crippen MR) is 50.0 cm³/mol. The highest BCUT2D eigenvalue weighted by Crippen LogP contribution is 2.28. The van der Waals surface area contributed by atoms with E-state index in [0.717, 1.165) is 25.7 Å². The number of unbranched alkanes of at least 4 members (excludes halogenated alkanes) is 1. The van der Waals surface area contributed by atoms with Gasteiger partial charge in [-0.05, 0) is 19.3 Å². The van der Waals surface area contributed by atoms with Crippen molar-refractivity contribution in [1.29, 1.82) is 0 Å². The smallest absolute Gasteiger partial charge is 0.141 e. The molecule has 0 rings (SSSR count). The highest BCUT2D eigenvalue weighted by molar-refractivity contribution is 6.22. The van der Waals surface area contributed by atoms with Crippen LogP contribution < -0.4 is 0 Å². The molecule has 0 aromatic heterocycles. The molecule has 0 aromatic rings.